The average Bonchev–Trinajstić information content (AvgIpc) is 3.21. The average molecular weight is 400 g/mol. The molecular weight excluding hydrogens is 371 g/mol. The van der Waals surface area contributed by atoms with Crippen molar-refractivity contribution >= 4 is 6.03 Å². The Morgan fingerprint density at radius 3 is 2.66 bits per heavy atom. The van der Waals surface area contributed by atoms with Crippen LogP contribution in [0.1, 0.15) is 37.8 Å². The van der Waals surface area contributed by atoms with Gasteiger partial charge in [0.05, 0.1) is 12.6 Å². The summed E-state index contributed by atoms with van der Waals surface area (Å²) >= 11 is 0. The second-order valence-electron chi connectivity index (χ2n) is 8.17. The molecule has 3 rings (SSSR count). The van der Waals surface area contributed by atoms with E-state index in [1.54, 1.807) is 41.3 Å². The fourth-order valence-corrected chi connectivity index (χ4v) is 3.62. The summed E-state index contributed by atoms with van der Waals surface area (Å²) in [6.45, 7) is 5.52. The molecule has 1 aliphatic rings. The number of phenolic OH excluding ortho intramolecular Hbond substituents is 1. The number of hydrogen-bond donors (Lipinski definition) is 2. The topological polar surface area (TPSA) is 61.8 Å². The zero-order valence-corrected chi connectivity index (χ0v) is 17.0. The minimum Gasteiger partial charge on any atom is -0.508 e. The highest BCUT2D eigenvalue weighted by molar-refractivity contribution is 5.74. The number of phenols is 1. The Hall–Kier alpha value is -2.60. The molecule has 0 saturated carbocycles. The van der Waals surface area contributed by atoms with Crippen LogP contribution in [0.4, 0.5) is 9.18 Å². The van der Waals surface area contributed by atoms with Gasteiger partial charge >= 0.3 is 6.03 Å². The molecule has 156 valence electrons. The van der Waals surface area contributed by atoms with Crippen LogP contribution in [0.15, 0.2) is 48.5 Å². The lowest BCUT2D eigenvalue weighted by atomic mass is 9.84. The smallest absolute Gasteiger partial charge is 0.317 e. The van der Waals surface area contributed by atoms with Crippen LogP contribution in [0, 0.1) is 5.82 Å². The predicted octanol–water partition coefficient (Wildman–Crippen LogP) is 4.20. The normalized spacial score (nSPS) is 16.6. The van der Waals surface area contributed by atoms with Crippen LogP contribution in [0.3, 0.4) is 0 Å². The third-order valence-electron chi connectivity index (χ3n) is 5.37. The molecule has 0 aromatic heterocycles. The molecule has 2 N–H and O–H groups in total. The number of ether oxygens (including phenoxy) is 1. The highest BCUT2D eigenvalue weighted by atomic mass is 19.1. The summed E-state index contributed by atoms with van der Waals surface area (Å²) in [7, 11) is 0. The fraction of sp³-hybridized carbons (Fsp3) is 0.435. The number of nitrogens with zero attached hydrogens (tertiary/aromatic N) is 1. The van der Waals surface area contributed by atoms with Crippen LogP contribution >= 0.6 is 0 Å². The molecule has 0 aliphatic carbocycles. The summed E-state index contributed by atoms with van der Waals surface area (Å²) in [4.78, 5) is 14.6. The molecule has 0 spiro atoms. The van der Waals surface area contributed by atoms with Gasteiger partial charge in [-0.15, -0.1) is 0 Å². The van der Waals surface area contributed by atoms with E-state index < -0.39 is 5.41 Å². The molecule has 1 atom stereocenters. The van der Waals surface area contributed by atoms with Gasteiger partial charge < -0.3 is 20.1 Å². The number of urea groups is 1. The van der Waals surface area contributed by atoms with E-state index in [2.05, 4.69) is 5.32 Å². The molecular formula is C23H29FN2O3. The third-order valence-corrected chi connectivity index (χ3v) is 5.37. The Kier molecular flexibility index (Phi) is 6.75. The number of para-hydroxylation sites is 1. The van der Waals surface area contributed by atoms with Crippen molar-refractivity contribution in [2.75, 3.05) is 19.7 Å². The summed E-state index contributed by atoms with van der Waals surface area (Å²) in [5.41, 5.74) is 0.673. The van der Waals surface area contributed by atoms with Crippen molar-refractivity contribution in [3.05, 3.63) is 65.5 Å². The Morgan fingerprint density at radius 1 is 1.24 bits per heavy atom. The molecule has 1 fully saturated rings. The monoisotopic (exact) mass is 400 g/mol. The van der Waals surface area contributed by atoms with Crippen molar-refractivity contribution in [2.45, 2.75) is 44.8 Å². The number of halogens is 1. The van der Waals surface area contributed by atoms with Gasteiger partial charge in [0.15, 0.2) is 0 Å². The lowest BCUT2D eigenvalue weighted by Gasteiger charge is -2.30. The van der Waals surface area contributed by atoms with Crippen LogP contribution in [0.25, 0.3) is 0 Å². The van der Waals surface area contributed by atoms with Crippen LogP contribution < -0.4 is 5.32 Å². The summed E-state index contributed by atoms with van der Waals surface area (Å²) < 4.78 is 19.9. The molecule has 0 bridgehead atoms. The standard InChI is InChI=1S/C23H29FN2O3/c1-23(2,19-10-4-5-11-20(19)24)16-25-22(28)26(15-18-9-7-13-29-18)14-17-8-3-6-12-21(17)27/h3-6,8,10-12,18,27H,7,9,13-16H2,1-2H3,(H,25,28). The van der Waals surface area contributed by atoms with Gasteiger partial charge in [0.1, 0.15) is 11.6 Å². The maximum absolute atomic E-state index is 14.2. The second kappa shape index (κ2) is 9.27. The number of aromatic hydroxyl groups is 1. The zero-order valence-electron chi connectivity index (χ0n) is 17.0. The van der Waals surface area contributed by atoms with Crippen molar-refractivity contribution in [1.29, 1.82) is 0 Å². The van der Waals surface area contributed by atoms with Gasteiger partial charge in [0.25, 0.3) is 0 Å². The first-order valence-electron chi connectivity index (χ1n) is 10.0. The van der Waals surface area contributed by atoms with Crippen LogP contribution in [0.5, 0.6) is 5.75 Å². The van der Waals surface area contributed by atoms with Gasteiger partial charge in [0, 0.05) is 30.7 Å². The number of hydrogen-bond acceptors (Lipinski definition) is 3. The van der Waals surface area contributed by atoms with Gasteiger partial charge in [-0.1, -0.05) is 50.2 Å². The number of benzene rings is 2. The molecule has 2 aromatic carbocycles. The second-order valence-corrected chi connectivity index (χ2v) is 8.17. The maximum atomic E-state index is 14.2. The quantitative estimate of drug-likeness (QED) is 0.732. The number of carbonyl (C=O) groups is 1. The Balaban J connectivity index is 1.70. The van der Waals surface area contributed by atoms with E-state index in [0.29, 0.717) is 24.3 Å². The van der Waals surface area contributed by atoms with E-state index in [1.165, 1.54) is 6.07 Å². The van der Waals surface area contributed by atoms with E-state index in [-0.39, 0.29) is 36.8 Å². The Labute approximate surface area is 171 Å². The van der Waals surface area contributed by atoms with Crippen molar-refractivity contribution in [2.24, 2.45) is 0 Å². The van der Waals surface area contributed by atoms with Crippen LogP contribution in [0.2, 0.25) is 0 Å². The molecule has 1 heterocycles. The Bertz CT molecular complexity index is 834. The fourth-order valence-electron chi connectivity index (χ4n) is 3.62. The number of carbonyl (C=O) groups excluding carboxylic acids is 1. The first-order valence-corrected chi connectivity index (χ1v) is 10.0. The van der Waals surface area contributed by atoms with E-state index in [0.717, 1.165) is 12.8 Å². The van der Waals surface area contributed by atoms with Crippen molar-refractivity contribution in [1.82, 2.24) is 10.2 Å². The van der Waals surface area contributed by atoms with Gasteiger partial charge in [-0.3, -0.25) is 0 Å². The molecule has 1 unspecified atom stereocenters. The van der Waals surface area contributed by atoms with Gasteiger partial charge in [-0.05, 0) is 30.5 Å². The van der Waals surface area contributed by atoms with Crippen LogP contribution in [-0.2, 0) is 16.7 Å². The lowest BCUT2D eigenvalue weighted by Crippen LogP contribution is -2.46. The Morgan fingerprint density at radius 2 is 1.97 bits per heavy atom. The van der Waals surface area contributed by atoms with E-state index in [4.69, 9.17) is 4.74 Å². The van der Waals surface area contributed by atoms with Crippen molar-refractivity contribution in [3.63, 3.8) is 0 Å². The summed E-state index contributed by atoms with van der Waals surface area (Å²) in [6.07, 6.45) is 1.88. The number of amides is 2. The SMILES string of the molecule is CC(C)(CNC(=O)N(Cc1ccccc1O)CC1CCCO1)c1ccccc1F. The van der Waals surface area contributed by atoms with Crippen molar-refractivity contribution in [3.8, 4) is 5.75 Å². The van der Waals surface area contributed by atoms with Gasteiger partial charge in [-0.2, -0.15) is 0 Å². The van der Waals surface area contributed by atoms with Gasteiger partial charge in [-0.25, -0.2) is 9.18 Å². The molecule has 2 aromatic rings. The number of nitrogens with one attached hydrogen (secondary N) is 1. The largest absolute Gasteiger partial charge is 0.508 e. The molecule has 5 nitrogen and oxygen atoms in total. The molecule has 2 amide bonds. The lowest BCUT2D eigenvalue weighted by molar-refractivity contribution is 0.0790. The third kappa shape index (κ3) is 5.48. The molecule has 0 radical (unpaired) electrons. The van der Waals surface area contributed by atoms with E-state index in [9.17, 15) is 14.3 Å². The van der Waals surface area contributed by atoms with Crippen LogP contribution in [-0.4, -0.2) is 41.8 Å². The highest BCUT2D eigenvalue weighted by Gasteiger charge is 2.27. The first-order chi connectivity index (χ1) is 13.9. The van der Waals surface area contributed by atoms with E-state index >= 15 is 0 Å². The molecule has 29 heavy (non-hydrogen) atoms. The number of rotatable bonds is 7. The van der Waals surface area contributed by atoms with Gasteiger partial charge in [0.2, 0.25) is 0 Å². The van der Waals surface area contributed by atoms with E-state index in [1.807, 2.05) is 19.9 Å². The maximum Gasteiger partial charge on any atom is 0.317 e. The van der Waals surface area contributed by atoms with Crippen molar-refractivity contribution < 1.29 is 19.0 Å². The summed E-state index contributed by atoms with van der Waals surface area (Å²) in [5, 5.41) is 13.1. The first kappa shape index (κ1) is 21.1. The minimum atomic E-state index is -0.564. The molecule has 1 aliphatic heterocycles. The minimum absolute atomic E-state index is 0.00816. The predicted molar refractivity (Wildman–Crippen MR) is 110 cm³/mol. The zero-order chi connectivity index (χ0) is 20.9. The molecule has 1 saturated heterocycles. The summed E-state index contributed by atoms with van der Waals surface area (Å²) in [5.74, 6) is -0.124. The molecule has 6 heteroatoms. The highest BCUT2D eigenvalue weighted by Crippen LogP contribution is 2.25. The summed E-state index contributed by atoms with van der Waals surface area (Å²) in [6, 6.07) is 13.4.